The van der Waals surface area contributed by atoms with Crippen LogP contribution in [0.15, 0.2) is 62.6 Å². The molecule has 1 N–H and O–H groups in total. The lowest BCUT2D eigenvalue weighted by atomic mass is 10.2. The van der Waals surface area contributed by atoms with E-state index >= 15 is 0 Å². The standard InChI is InChI=1S/C14H10Br2N2O/c15-12-7-3-1-5-10(12)9-17-18-14(19)11-6-2-4-8-13(11)16/h1-9H,(H,18,19)/b17-9+. The summed E-state index contributed by atoms with van der Waals surface area (Å²) in [6.45, 7) is 0. The Labute approximate surface area is 128 Å². The Morgan fingerprint density at radius 1 is 1.00 bits per heavy atom. The van der Waals surface area contributed by atoms with Gasteiger partial charge >= 0.3 is 0 Å². The molecule has 0 saturated heterocycles. The summed E-state index contributed by atoms with van der Waals surface area (Å²) in [5.74, 6) is -0.254. The van der Waals surface area contributed by atoms with E-state index in [1.54, 1.807) is 18.3 Å². The fourth-order valence-electron chi connectivity index (χ4n) is 1.45. The second-order valence-corrected chi connectivity index (χ2v) is 5.41. The van der Waals surface area contributed by atoms with Crippen LogP contribution in [0.2, 0.25) is 0 Å². The van der Waals surface area contributed by atoms with Crippen LogP contribution in [0.5, 0.6) is 0 Å². The summed E-state index contributed by atoms with van der Waals surface area (Å²) < 4.78 is 1.66. The Balaban J connectivity index is 2.06. The van der Waals surface area contributed by atoms with E-state index in [1.807, 2.05) is 36.4 Å². The van der Waals surface area contributed by atoms with Gasteiger partial charge in [0.25, 0.3) is 5.91 Å². The molecule has 0 saturated carbocycles. The second-order valence-electron chi connectivity index (χ2n) is 3.70. The molecule has 3 nitrogen and oxygen atoms in total. The number of rotatable bonds is 3. The third-order valence-electron chi connectivity index (χ3n) is 2.39. The average Bonchev–Trinajstić information content (AvgIpc) is 2.41. The first kappa shape index (κ1) is 14.0. The maximum atomic E-state index is 11.9. The first-order valence-electron chi connectivity index (χ1n) is 5.51. The van der Waals surface area contributed by atoms with Gasteiger partial charge in [-0.1, -0.05) is 46.3 Å². The molecule has 0 atom stereocenters. The number of nitrogens with one attached hydrogen (secondary N) is 1. The van der Waals surface area contributed by atoms with Crippen molar-refractivity contribution in [1.82, 2.24) is 5.43 Å². The highest BCUT2D eigenvalue weighted by molar-refractivity contribution is 9.10. The summed E-state index contributed by atoms with van der Waals surface area (Å²) in [6, 6.07) is 14.8. The van der Waals surface area contributed by atoms with Crippen molar-refractivity contribution < 1.29 is 4.79 Å². The highest BCUT2D eigenvalue weighted by atomic mass is 79.9. The van der Waals surface area contributed by atoms with Gasteiger partial charge in [0, 0.05) is 14.5 Å². The highest BCUT2D eigenvalue weighted by Crippen LogP contribution is 2.15. The molecule has 0 fully saturated rings. The first-order chi connectivity index (χ1) is 9.18. The molecule has 2 rings (SSSR count). The summed E-state index contributed by atoms with van der Waals surface area (Å²) in [7, 11) is 0. The number of hydrazone groups is 1. The topological polar surface area (TPSA) is 41.5 Å². The lowest BCUT2D eigenvalue weighted by molar-refractivity contribution is 0.0954. The normalized spacial score (nSPS) is 10.6. The van der Waals surface area contributed by atoms with E-state index in [0.29, 0.717) is 5.56 Å². The first-order valence-corrected chi connectivity index (χ1v) is 7.09. The van der Waals surface area contributed by atoms with E-state index in [1.165, 1.54) is 0 Å². The molecule has 0 spiro atoms. The molecule has 2 aromatic carbocycles. The molecule has 0 bridgehead atoms. The zero-order valence-electron chi connectivity index (χ0n) is 9.81. The number of benzene rings is 2. The van der Waals surface area contributed by atoms with E-state index in [4.69, 9.17) is 0 Å². The molecule has 0 aromatic heterocycles. The lowest BCUT2D eigenvalue weighted by Crippen LogP contribution is -2.18. The Morgan fingerprint density at radius 2 is 1.63 bits per heavy atom. The maximum absolute atomic E-state index is 11.9. The minimum absolute atomic E-state index is 0.254. The molecule has 0 aliphatic carbocycles. The highest BCUT2D eigenvalue weighted by Gasteiger charge is 2.07. The van der Waals surface area contributed by atoms with Crippen LogP contribution in [0.4, 0.5) is 0 Å². The molecule has 19 heavy (non-hydrogen) atoms. The number of nitrogens with zero attached hydrogens (tertiary/aromatic N) is 1. The van der Waals surface area contributed by atoms with E-state index < -0.39 is 0 Å². The molecular formula is C14H10Br2N2O. The zero-order chi connectivity index (χ0) is 13.7. The predicted octanol–water partition coefficient (Wildman–Crippen LogP) is 3.98. The second kappa shape index (κ2) is 6.63. The van der Waals surface area contributed by atoms with E-state index in [-0.39, 0.29) is 5.91 Å². The minimum Gasteiger partial charge on any atom is -0.267 e. The smallest absolute Gasteiger partial charge is 0.267 e. The summed E-state index contributed by atoms with van der Waals surface area (Å²) in [5.41, 5.74) is 3.94. The van der Waals surface area contributed by atoms with Crippen LogP contribution in [0.25, 0.3) is 0 Å². The van der Waals surface area contributed by atoms with Crippen molar-refractivity contribution in [2.24, 2.45) is 5.10 Å². The van der Waals surface area contributed by atoms with Gasteiger partial charge < -0.3 is 0 Å². The van der Waals surface area contributed by atoms with Crippen LogP contribution >= 0.6 is 31.9 Å². The van der Waals surface area contributed by atoms with E-state index in [9.17, 15) is 4.79 Å². The number of carbonyl (C=O) groups is 1. The molecular weight excluding hydrogens is 372 g/mol. The molecule has 0 unspecified atom stereocenters. The SMILES string of the molecule is O=C(N/N=C/c1ccccc1Br)c1ccccc1Br. The van der Waals surface area contributed by atoms with E-state index in [2.05, 4.69) is 42.4 Å². The average molecular weight is 382 g/mol. The van der Waals surface area contributed by atoms with Gasteiger partial charge in [0.15, 0.2) is 0 Å². The van der Waals surface area contributed by atoms with Crippen molar-refractivity contribution in [3.05, 3.63) is 68.6 Å². The third-order valence-corrected chi connectivity index (χ3v) is 3.81. The summed E-state index contributed by atoms with van der Waals surface area (Å²) in [6.07, 6.45) is 1.60. The van der Waals surface area contributed by atoms with Crippen molar-refractivity contribution >= 4 is 44.0 Å². The zero-order valence-corrected chi connectivity index (χ0v) is 13.0. The molecule has 96 valence electrons. The number of hydrogen-bond acceptors (Lipinski definition) is 2. The summed E-state index contributed by atoms with van der Waals surface area (Å²) in [4.78, 5) is 11.9. The van der Waals surface area contributed by atoms with Crippen molar-refractivity contribution in [3.63, 3.8) is 0 Å². The van der Waals surface area contributed by atoms with Gasteiger partial charge in [-0.15, -0.1) is 0 Å². The van der Waals surface area contributed by atoms with Crippen LogP contribution in [0.3, 0.4) is 0 Å². The summed E-state index contributed by atoms with van der Waals surface area (Å²) >= 11 is 6.73. The molecule has 5 heteroatoms. The van der Waals surface area contributed by atoms with Crippen LogP contribution < -0.4 is 5.43 Å². The largest absolute Gasteiger partial charge is 0.272 e. The van der Waals surface area contributed by atoms with Crippen LogP contribution in [0.1, 0.15) is 15.9 Å². The minimum atomic E-state index is -0.254. The van der Waals surface area contributed by atoms with Gasteiger partial charge in [0.05, 0.1) is 11.8 Å². The van der Waals surface area contributed by atoms with Gasteiger partial charge in [-0.3, -0.25) is 4.79 Å². The molecule has 0 radical (unpaired) electrons. The van der Waals surface area contributed by atoms with Crippen molar-refractivity contribution in [2.75, 3.05) is 0 Å². The van der Waals surface area contributed by atoms with Gasteiger partial charge in [0.2, 0.25) is 0 Å². The Bertz CT molecular complexity index is 626. The summed E-state index contributed by atoms with van der Waals surface area (Å²) in [5, 5.41) is 3.94. The van der Waals surface area contributed by atoms with Crippen LogP contribution in [0, 0.1) is 0 Å². The van der Waals surface area contributed by atoms with Gasteiger partial charge in [-0.2, -0.15) is 5.10 Å². The Morgan fingerprint density at radius 3 is 2.32 bits per heavy atom. The Kier molecular flexibility index (Phi) is 4.87. The Hall–Kier alpha value is -1.46. The van der Waals surface area contributed by atoms with Crippen molar-refractivity contribution in [3.8, 4) is 0 Å². The number of halogens is 2. The van der Waals surface area contributed by atoms with Crippen molar-refractivity contribution in [1.29, 1.82) is 0 Å². The lowest BCUT2D eigenvalue weighted by Gasteiger charge is -2.02. The van der Waals surface area contributed by atoms with Gasteiger partial charge in [-0.25, -0.2) is 5.43 Å². The molecule has 0 aliphatic heterocycles. The fraction of sp³-hybridized carbons (Fsp3) is 0. The molecule has 1 amide bonds. The number of carbonyl (C=O) groups excluding carboxylic acids is 1. The molecule has 0 aliphatic rings. The maximum Gasteiger partial charge on any atom is 0.272 e. The van der Waals surface area contributed by atoms with Crippen molar-refractivity contribution in [2.45, 2.75) is 0 Å². The van der Waals surface area contributed by atoms with Crippen LogP contribution in [-0.4, -0.2) is 12.1 Å². The quantitative estimate of drug-likeness (QED) is 0.634. The van der Waals surface area contributed by atoms with Gasteiger partial charge in [0.1, 0.15) is 0 Å². The molecule has 0 heterocycles. The van der Waals surface area contributed by atoms with E-state index in [0.717, 1.165) is 14.5 Å². The van der Waals surface area contributed by atoms with Gasteiger partial charge in [-0.05, 0) is 34.1 Å². The number of amides is 1. The third kappa shape index (κ3) is 3.75. The fourth-order valence-corrected chi connectivity index (χ4v) is 2.30. The van der Waals surface area contributed by atoms with Crippen LogP contribution in [-0.2, 0) is 0 Å². The molecule has 2 aromatic rings. The number of hydrogen-bond donors (Lipinski definition) is 1. The predicted molar refractivity (Wildman–Crippen MR) is 83.3 cm³/mol. The monoisotopic (exact) mass is 380 g/mol.